The third-order valence-corrected chi connectivity index (χ3v) is 7.46. The Bertz CT molecular complexity index is 908. The third-order valence-electron chi connectivity index (χ3n) is 7.46. The highest BCUT2D eigenvalue weighted by Crippen LogP contribution is 2.37. The lowest BCUT2D eigenvalue weighted by molar-refractivity contribution is 0.0474. The van der Waals surface area contributed by atoms with E-state index < -0.39 is 5.97 Å². The first-order valence-corrected chi connectivity index (χ1v) is 14.1. The predicted octanol–water partition coefficient (Wildman–Crippen LogP) is 8.54. The van der Waals surface area contributed by atoms with Crippen LogP contribution >= 0.6 is 0 Å². The van der Waals surface area contributed by atoms with Crippen LogP contribution in [0.5, 0.6) is 5.75 Å². The van der Waals surface area contributed by atoms with Crippen molar-refractivity contribution in [2.75, 3.05) is 13.2 Å². The molecular weight excluding hydrogens is 448 g/mol. The summed E-state index contributed by atoms with van der Waals surface area (Å²) in [5.41, 5.74) is 2.32. The van der Waals surface area contributed by atoms with Crippen molar-refractivity contribution in [1.82, 2.24) is 0 Å². The van der Waals surface area contributed by atoms with E-state index in [0.717, 1.165) is 18.1 Å². The van der Waals surface area contributed by atoms with E-state index in [2.05, 4.69) is 26.0 Å². The summed E-state index contributed by atoms with van der Waals surface area (Å²) in [6.45, 7) is 4.87. The van der Waals surface area contributed by atoms with Crippen LogP contribution in [-0.4, -0.2) is 25.0 Å². The number of carbonyl (C=O) groups is 2. The molecule has 3 rings (SSSR count). The van der Waals surface area contributed by atoms with E-state index in [0.29, 0.717) is 23.7 Å². The molecule has 1 saturated carbocycles. The quantitative estimate of drug-likeness (QED) is 0.142. The fourth-order valence-electron chi connectivity index (χ4n) is 5.11. The molecule has 4 heteroatoms. The highest BCUT2D eigenvalue weighted by atomic mass is 16.5. The molecule has 1 fully saturated rings. The fourth-order valence-corrected chi connectivity index (χ4v) is 5.11. The van der Waals surface area contributed by atoms with Crippen LogP contribution in [0.2, 0.25) is 0 Å². The number of ketones is 1. The first-order chi connectivity index (χ1) is 17.6. The summed E-state index contributed by atoms with van der Waals surface area (Å²) < 4.78 is 11.0. The smallest absolute Gasteiger partial charge is 0.338 e. The van der Waals surface area contributed by atoms with E-state index in [1.54, 1.807) is 24.3 Å². The van der Waals surface area contributed by atoms with E-state index >= 15 is 0 Å². The van der Waals surface area contributed by atoms with Crippen molar-refractivity contribution >= 4 is 11.8 Å². The third kappa shape index (κ3) is 9.11. The lowest BCUT2D eigenvalue weighted by atomic mass is 9.77. The van der Waals surface area contributed by atoms with Gasteiger partial charge < -0.3 is 9.47 Å². The van der Waals surface area contributed by atoms with Crippen molar-refractivity contribution in [3.05, 3.63) is 65.2 Å². The van der Waals surface area contributed by atoms with Gasteiger partial charge in [-0.1, -0.05) is 70.9 Å². The highest BCUT2D eigenvalue weighted by Gasteiger charge is 2.22. The Balaban J connectivity index is 1.39. The molecule has 0 aliphatic heterocycles. The highest BCUT2D eigenvalue weighted by molar-refractivity contribution is 5.99. The molecule has 0 bridgehead atoms. The van der Waals surface area contributed by atoms with Crippen LogP contribution in [-0.2, 0) is 4.74 Å². The minimum atomic E-state index is -0.457. The molecule has 36 heavy (non-hydrogen) atoms. The Labute approximate surface area is 217 Å². The van der Waals surface area contributed by atoms with Gasteiger partial charge in [-0.3, -0.25) is 4.79 Å². The summed E-state index contributed by atoms with van der Waals surface area (Å²) in [7, 11) is 0. The number of hydrogen-bond donors (Lipinski definition) is 0. The Hall–Kier alpha value is -2.62. The zero-order valence-electron chi connectivity index (χ0n) is 22.3. The number of Topliss-reactive ketones (excluding diaryl/α,β-unsaturated/α-hetero) is 1. The molecule has 196 valence electrons. The summed E-state index contributed by atoms with van der Waals surface area (Å²) in [5.74, 6) is 1.55. The van der Waals surface area contributed by atoms with Gasteiger partial charge in [0.15, 0.2) is 12.4 Å². The lowest BCUT2D eigenvalue weighted by Gasteiger charge is -2.29. The maximum absolute atomic E-state index is 12.5. The summed E-state index contributed by atoms with van der Waals surface area (Å²) in [4.78, 5) is 25.0. The lowest BCUT2D eigenvalue weighted by Crippen LogP contribution is -2.15. The van der Waals surface area contributed by atoms with Crippen LogP contribution in [0.3, 0.4) is 0 Å². The Kier molecular flexibility index (Phi) is 12.0. The number of benzene rings is 2. The monoisotopic (exact) mass is 492 g/mol. The number of ether oxygens (including phenoxy) is 2. The molecule has 1 aliphatic carbocycles. The van der Waals surface area contributed by atoms with Gasteiger partial charge in [-0.15, -0.1) is 0 Å². The molecule has 0 N–H and O–H groups in total. The second-order valence-electron chi connectivity index (χ2n) is 10.3. The summed E-state index contributed by atoms with van der Waals surface area (Å²) >= 11 is 0. The van der Waals surface area contributed by atoms with Gasteiger partial charge >= 0.3 is 5.97 Å². The molecule has 0 heterocycles. The molecular formula is C32H44O4. The largest absolute Gasteiger partial charge is 0.494 e. The molecule has 1 aliphatic rings. The molecule has 0 aromatic heterocycles. The first kappa shape index (κ1) is 28.0. The fraction of sp³-hybridized carbons (Fsp3) is 0.562. The SMILES string of the molecule is CCCCCCOc1ccc(C(=O)COC(=O)c2ccc(C3CCC(CCCCC)CC3)cc2)cc1. The minimum absolute atomic E-state index is 0.217. The standard InChI is InChI=1S/C32H44O4/c1-3-5-7-9-23-35-30-21-19-28(20-22-30)31(33)24-36-32(34)29-17-15-27(16-18-29)26-13-11-25(12-14-26)10-8-6-4-2/h15-22,25-26H,3-14,23-24H2,1-2H3. The van der Waals surface area contributed by atoms with Crippen molar-refractivity contribution in [3.8, 4) is 5.75 Å². The van der Waals surface area contributed by atoms with Crippen molar-refractivity contribution in [2.24, 2.45) is 5.92 Å². The van der Waals surface area contributed by atoms with Gasteiger partial charge in [0, 0.05) is 5.56 Å². The van der Waals surface area contributed by atoms with Crippen LogP contribution in [0.25, 0.3) is 0 Å². The van der Waals surface area contributed by atoms with Gasteiger partial charge in [0.05, 0.1) is 12.2 Å². The second-order valence-corrected chi connectivity index (χ2v) is 10.3. The zero-order valence-corrected chi connectivity index (χ0v) is 22.3. The van der Waals surface area contributed by atoms with E-state index in [1.807, 2.05) is 12.1 Å². The summed E-state index contributed by atoms with van der Waals surface area (Å²) in [6.07, 6.45) is 15.1. The van der Waals surface area contributed by atoms with Gasteiger partial charge in [0.1, 0.15) is 5.75 Å². The number of rotatable bonds is 15. The maximum Gasteiger partial charge on any atom is 0.338 e. The Morgan fingerprint density at radius 2 is 1.39 bits per heavy atom. The van der Waals surface area contributed by atoms with E-state index in [1.165, 1.54) is 76.2 Å². The number of hydrogen-bond acceptors (Lipinski definition) is 4. The molecule has 2 aromatic rings. The van der Waals surface area contributed by atoms with Crippen LogP contribution in [0.1, 0.15) is 123 Å². The normalized spacial score (nSPS) is 17.5. The molecule has 2 aromatic carbocycles. The van der Waals surface area contributed by atoms with Gasteiger partial charge in [-0.05, 0) is 85.9 Å². The maximum atomic E-state index is 12.5. The molecule has 0 saturated heterocycles. The number of carbonyl (C=O) groups excluding carboxylic acids is 2. The topological polar surface area (TPSA) is 52.6 Å². The molecule has 0 amide bonds. The molecule has 0 spiro atoms. The van der Waals surface area contributed by atoms with Crippen LogP contribution < -0.4 is 4.74 Å². The van der Waals surface area contributed by atoms with Crippen molar-refractivity contribution in [3.63, 3.8) is 0 Å². The van der Waals surface area contributed by atoms with Gasteiger partial charge in [0.2, 0.25) is 0 Å². The van der Waals surface area contributed by atoms with Crippen LogP contribution in [0.4, 0.5) is 0 Å². The second kappa shape index (κ2) is 15.5. The van der Waals surface area contributed by atoms with Gasteiger partial charge in [-0.25, -0.2) is 4.79 Å². The molecule has 4 nitrogen and oxygen atoms in total. The summed E-state index contributed by atoms with van der Waals surface area (Å²) in [5, 5.41) is 0. The van der Waals surface area contributed by atoms with Crippen molar-refractivity contribution in [2.45, 2.75) is 96.8 Å². The summed E-state index contributed by atoms with van der Waals surface area (Å²) in [6, 6.07) is 14.8. The van der Waals surface area contributed by atoms with Crippen LogP contribution in [0.15, 0.2) is 48.5 Å². The van der Waals surface area contributed by atoms with Crippen molar-refractivity contribution in [1.29, 1.82) is 0 Å². The van der Waals surface area contributed by atoms with E-state index in [-0.39, 0.29) is 12.4 Å². The average Bonchev–Trinajstić information content (AvgIpc) is 2.92. The van der Waals surface area contributed by atoms with Crippen LogP contribution in [0, 0.1) is 5.92 Å². The van der Waals surface area contributed by atoms with Gasteiger partial charge in [0.25, 0.3) is 0 Å². The minimum Gasteiger partial charge on any atom is -0.494 e. The molecule has 0 radical (unpaired) electrons. The average molecular weight is 493 g/mol. The Morgan fingerprint density at radius 1 is 0.750 bits per heavy atom. The Morgan fingerprint density at radius 3 is 2.06 bits per heavy atom. The zero-order chi connectivity index (χ0) is 25.6. The predicted molar refractivity (Wildman–Crippen MR) is 146 cm³/mol. The van der Waals surface area contributed by atoms with E-state index in [4.69, 9.17) is 9.47 Å². The van der Waals surface area contributed by atoms with E-state index in [9.17, 15) is 9.59 Å². The first-order valence-electron chi connectivity index (χ1n) is 14.1. The van der Waals surface area contributed by atoms with Crippen molar-refractivity contribution < 1.29 is 19.1 Å². The number of esters is 1. The molecule has 0 atom stereocenters. The van der Waals surface area contributed by atoms with Gasteiger partial charge in [-0.2, -0.15) is 0 Å². The molecule has 0 unspecified atom stereocenters. The number of unbranched alkanes of at least 4 members (excludes halogenated alkanes) is 5.